The molecule has 0 aliphatic rings. The fourth-order valence-corrected chi connectivity index (χ4v) is 5.37. The van der Waals surface area contributed by atoms with Crippen molar-refractivity contribution in [1.29, 1.82) is 0 Å². The molecule has 0 saturated heterocycles. The predicted molar refractivity (Wildman–Crippen MR) is 109 cm³/mol. The van der Waals surface area contributed by atoms with Crippen molar-refractivity contribution in [2.24, 2.45) is 5.73 Å². The quantitative estimate of drug-likeness (QED) is 0.237. The number of unbranched alkanes of at least 4 members (excludes halogenated alkanes) is 9. The van der Waals surface area contributed by atoms with Crippen LogP contribution < -0.4 is 5.73 Å². The Morgan fingerprint density at radius 1 is 0.808 bits per heavy atom. The maximum absolute atomic E-state index is 13.1. The summed E-state index contributed by atoms with van der Waals surface area (Å²) in [5.41, 5.74) is 4.66. The summed E-state index contributed by atoms with van der Waals surface area (Å²) < 4.78 is 24.2. The molecule has 1 unspecified atom stereocenters. The number of primary amides is 1. The van der Waals surface area contributed by atoms with E-state index in [1.54, 1.807) is 27.7 Å². The first-order valence-corrected chi connectivity index (χ1v) is 12.1. The molecule has 6 heteroatoms. The van der Waals surface area contributed by atoms with E-state index in [0.717, 1.165) is 19.3 Å². The van der Waals surface area contributed by atoms with Gasteiger partial charge in [0.25, 0.3) is 0 Å². The highest BCUT2D eigenvalue weighted by atomic mass is 31.2. The molecule has 26 heavy (non-hydrogen) atoms. The standard InChI is InChI=1S/C20H42NO4P/c1-6-7-8-9-10-11-12-13-14-15-16-19(20(21)22)26(23,24-17(2)3)25-18(4)5/h17-19H,6-16H2,1-5H3,(H2,21,22). The predicted octanol–water partition coefficient (Wildman–Crippen LogP) is 6.19. The highest BCUT2D eigenvalue weighted by molar-refractivity contribution is 7.55. The molecule has 0 aromatic carbocycles. The molecule has 0 aliphatic carbocycles. The number of hydrogen-bond donors (Lipinski definition) is 1. The third kappa shape index (κ3) is 12.1. The summed E-state index contributed by atoms with van der Waals surface area (Å²) in [6, 6.07) is 0. The first kappa shape index (κ1) is 25.6. The lowest BCUT2D eigenvalue weighted by Gasteiger charge is -2.28. The number of nitrogens with two attached hydrogens (primary N) is 1. The van der Waals surface area contributed by atoms with Gasteiger partial charge in [0.15, 0.2) is 0 Å². The number of rotatable bonds is 17. The molecular weight excluding hydrogens is 349 g/mol. The summed E-state index contributed by atoms with van der Waals surface area (Å²) in [4.78, 5) is 11.9. The molecule has 5 nitrogen and oxygen atoms in total. The number of carbonyl (C=O) groups excluding carboxylic acids is 1. The van der Waals surface area contributed by atoms with E-state index >= 15 is 0 Å². The van der Waals surface area contributed by atoms with Gasteiger partial charge in [0.2, 0.25) is 5.91 Å². The van der Waals surface area contributed by atoms with Crippen LogP contribution in [0.4, 0.5) is 0 Å². The smallest absolute Gasteiger partial charge is 0.343 e. The van der Waals surface area contributed by atoms with Gasteiger partial charge in [0.1, 0.15) is 5.66 Å². The molecule has 0 aliphatic heterocycles. The largest absolute Gasteiger partial charge is 0.369 e. The second-order valence-electron chi connectivity index (χ2n) is 7.74. The topological polar surface area (TPSA) is 78.6 Å². The third-order valence-electron chi connectivity index (χ3n) is 4.26. The first-order chi connectivity index (χ1) is 12.2. The van der Waals surface area contributed by atoms with E-state index in [1.807, 2.05) is 0 Å². The highest BCUT2D eigenvalue weighted by Gasteiger charge is 2.41. The van der Waals surface area contributed by atoms with Crippen LogP contribution >= 0.6 is 7.60 Å². The van der Waals surface area contributed by atoms with Crippen LogP contribution in [0.3, 0.4) is 0 Å². The first-order valence-electron chi connectivity index (χ1n) is 10.5. The minimum atomic E-state index is -3.55. The van der Waals surface area contributed by atoms with Gasteiger partial charge in [-0.15, -0.1) is 0 Å². The van der Waals surface area contributed by atoms with E-state index < -0.39 is 19.2 Å². The van der Waals surface area contributed by atoms with Crippen molar-refractivity contribution in [3.63, 3.8) is 0 Å². The Bertz CT molecular complexity index is 399. The van der Waals surface area contributed by atoms with Crippen molar-refractivity contribution >= 4 is 13.5 Å². The van der Waals surface area contributed by atoms with Crippen LogP contribution in [-0.4, -0.2) is 23.8 Å². The Labute approximate surface area is 161 Å². The van der Waals surface area contributed by atoms with Crippen molar-refractivity contribution in [2.75, 3.05) is 0 Å². The summed E-state index contributed by atoms with van der Waals surface area (Å²) in [6.07, 6.45) is 12.0. The van der Waals surface area contributed by atoms with E-state index in [4.69, 9.17) is 14.8 Å². The van der Waals surface area contributed by atoms with Crippen LogP contribution in [0, 0.1) is 0 Å². The molecule has 0 bridgehead atoms. The zero-order valence-corrected chi connectivity index (χ0v) is 18.6. The van der Waals surface area contributed by atoms with Crippen LogP contribution in [0.15, 0.2) is 0 Å². The SMILES string of the molecule is CCCCCCCCCCCCC(C(N)=O)P(=O)(OC(C)C)OC(C)C. The second-order valence-corrected chi connectivity index (χ2v) is 9.86. The molecule has 0 heterocycles. The lowest BCUT2D eigenvalue weighted by Crippen LogP contribution is -2.31. The average Bonchev–Trinajstić information content (AvgIpc) is 2.50. The highest BCUT2D eigenvalue weighted by Crippen LogP contribution is 2.56. The van der Waals surface area contributed by atoms with Gasteiger partial charge in [-0.1, -0.05) is 71.1 Å². The van der Waals surface area contributed by atoms with Gasteiger partial charge >= 0.3 is 7.60 Å². The van der Waals surface area contributed by atoms with E-state index in [1.165, 1.54) is 44.9 Å². The van der Waals surface area contributed by atoms with Gasteiger partial charge in [0, 0.05) is 0 Å². The summed E-state index contributed by atoms with van der Waals surface area (Å²) in [6.45, 7) is 9.38. The van der Waals surface area contributed by atoms with Gasteiger partial charge < -0.3 is 14.8 Å². The Balaban J connectivity index is 4.29. The lowest BCUT2D eigenvalue weighted by molar-refractivity contribution is -0.118. The molecule has 0 rings (SSSR count). The van der Waals surface area contributed by atoms with Crippen molar-refractivity contribution in [3.8, 4) is 0 Å². The van der Waals surface area contributed by atoms with E-state index in [-0.39, 0.29) is 12.2 Å². The Morgan fingerprint density at radius 2 is 1.19 bits per heavy atom. The summed E-state index contributed by atoms with van der Waals surface area (Å²) >= 11 is 0. The molecule has 1 atom stereocenters. The third-order valence-corrected chi connectivity index (χ3v) is 6.96. The summed E-state index contributed by atoms with van der Waals surface area (Å²) in [5.74, 6) is -0.592. The zero-order chi connectivity index (χ0) is 20.0. The van der Waals surface area contributed by atoms with E-state index in [9.17, 15) is 9.36 Å². The maximum Gasteiger partial charge on any atom is 0.343 e. The monoisotopic (exact) mass is 391 g/mol. The minimum absolute atomic E-state index is 0.283. The Hall–Kier alpha value is -0.380. The normalized spacial score (nSPS) is 13.5. The molecule has 0 spiro atoms. The molecule has 0 aromatic heterocycles. The number of amides is 1. The molecule has 156 valence electrons. The van der Waals surface area contributed by atoms with E-state index in [0.29, 0.717) is 6.42 Å². The van der Waals surface area contributed by atoms with Crippen molar-refractivity contribution in [2.45, 2.75) is 123 Å². The molecule has 0 radical (unpaired) electrons. The minimum Gasteiger partial charge on any atom is -0.369 e. The number of hydrogen-bond acceptors (Lipinski definition) is 4. The van der Waals surface area contributed by atoms with Gasteiger partial charge in [-0.25, -0.2) is 0 Å². The summed E-state index contributed by atoms with van der Waals surface area (Å²) in [5, 5.41) is 0. The molecular formula is C20H42NO4P. The Kier molecular flexibility index (Phi) is 14.4. The van der Waals surface area contributed by atoms with E-state index in [2.05, 4.69) is 6.92 Å². The molecule has 0 fully saturated rings. The van der Waals surface area contributed by atoms with Crippen LogP contribution in [0.5, 0.6) is 0 Å². The summed E-state index contributed by atoms with van der Waals surface area (Å²) in [7, 11) is -3.55. The fourth-order valence-electron chi connectivity index (χ4n) is 3.04. The van der Waals surface area contributed by atoms with Crippen LogP contribution in [-0.2, 0) is 18.4 Å². The average molecular weight is 392 g/mol. The molecule has 1 amide bonds. The van der Waals surface area contributed by atoms with Crippen molar-refractivity contribution in [1.82, 2.24) is 0 Å². The molecule has 0 aromatic rings. The van der Waals surface area contributed by atoms with Crippen LogP contribution in [0.2, 0.25) is 0 Å². The zero-order valence-electron chi connectivity index (χ0n) is 17.7. The van der Waals surface area contributed by atoms with Gasteiger partial charge in [0.05, 0.1) is 12.2 Å². The van der Waals surface area contributed by atoms with Crippen molar-refractivity contribution in [3.05, 3.63) is 0 Å². The maximum atomic E-state index is 13.1. The lowest BCUT2D eigenvalue weighted by atomic mass is 10.1. The molecule has 2 N–H and O–H groups in total. The second kappa shape index (κ2) is 14.6. The number of carbonyl (C=O) groups is 1. The van der Waals surface area contributed by atoms with Gasteiger partial charge in [-0.05, 0) is 34.1 Å². The van der Waals surface area contributed by atoms with Crippen LogP contribution in [0.25, 0.3) is 0 Å². The fraction of sp³-hybridized carbons (Fsp3) is 0.950. The molecule has 0 saturated carbocycles. The van der Waals surface area contributed by atoms with Gasteiger partial charge in [-0.3, -0.25) is 9.36 Å². The Morgan fingerprint density at radius 3 is 1.54 bits per heavy atom. The van der Waals surface area contributed by atoms with Gasteiger partial charge in [-0.2, -0.15) is 0 Å². The van der Waals surface area contributed by atoms with Crippen LogP contribution in [0.1, 0.15) is 105 Å². The van der Waals surface area contributed by atoms with Crippen molar-refractivity contribution < 1.29 is 18.4 Å².